The maximum atomic E-state index is 6.39. The summed E-state index contributed by atoms with van der Waals surface area (Å²) in [7, 11) is 2.32. The Morgan fingerprint density at radius 1 is 1.10 bits per heavy atom. The summed E-state index contributed by atoms with van der Waals surface area (Å²) in [5.41, 5.74) is 6.64. The zero-order valence-corrected chi connectivity index (χ0v) is 13.5. The molecule has 0 aromatic rings. The van der Waals surface area contributed by atoms with E-state index in [0.29, 0.717) is 12.1 Å². The van der Waals surface area contributed by atoms with Gasteiger partial charge in [-0.3, -0.25) is 4.90 Å². The van der Waals surface area contributed by atoms with Crippen LogP contribution in [0.3, 0.4) is 0 Å². The lowest BCUT2D eigenvalue weighted by molar-refractivity contribution is -0.140. The predicted octanol–water partition coefficient (Wildman–Crippen LogP) is 1.58. The fourth-order valence-electron chi connectivity index (χ4n) is 5.75. The molecular formula is C17H31N3O. The minimum absolute atomic E-state index is 0.252. The number of nitrogens with two attached hydrogens (primary N) is 1. The number of ether oxygens (including phenoxy) is 1. The van der Waals surface area contributed by atoms with E-state index in [2.05, 4.69) is 16.8 Å². The second-order valence-corrected chi connectivity index (χ2v) is 7.84. The molecule has 0 amide bonds. The van der Waals surface area contributed by atoms with Gasteiger partial charge in [-0.15, -0.1) is 0 Å². The third-order valence-corrected chi connectivity index (χ3v) is 6.94. The summed E-state index contributed by atoms with van der Waals surface area (Å²) in [6.07, 6.45) is 11.1. The van der Waals surface area contributed by atoms with Crippen LogP contribution >= 0.6 is 0 Å². The molecule has 4 atom stereocenters. The SMILES string of the molecule is CN1C2CCC1CC(CN)(N1CCOC3CCCCC31)C2. The molecule has 0 aromatic carbocycles. The van der Waals surface area contributed by atoms with Crippen molar-refractivity contribution in [2.45, 2.75) is 81.1 Å². The molecule has 4 aliphatic rings. The van der Waals surface area contributed by atoms with E-state index >= 15 is 0 Å². The molecule has 2 bridgehead atoms. The monoisotopic (exact) mass is 293 g/mol. The van der Waals surface area contributed by atoms with Crippen LogP contribution < -0.4 is 5.73 Å². The van der Waals surface area contributed by atoms with Gasteiger partial charge in [-0.05, 0) is 45.6 Å². The third-order valence-electron chi connectivity index (χ3n) is 6.94. The first-order chi connectivity index (χ1) is 10.2. The molecule has 4 heteroatoms. The average Bonchev–Trinajstić information content (AvgIpc) is 2.76. The standard InChI is InChI=1S/C17H31N3O/c1-19-13-6-7-14(19)11-17(10-13,12-18)20-8-9-21-16-5-3-2-4-15(16)20/h13-16H,2-12,18H2,1H3. The minimum atomic E-state index is 0.252. The molecule has 120 valence electrons. The molecule has 4 unspecified atom stereocenters. The lowest BCUT2D eigenvalue weighted by atomic mass is 9.77. The second kappa shape index (κ2) is 5.48. The van der Waals surface area contributed by atoms with Gasteiger partial charge in [-0.2, -0.15) is 0 Å². The first kappa shape index (κ1) is 14.4. The Labute approximate surface area is 129 Å². The summed E-state index contributed by atoms with van der Waals surface area (Å²) < 4.78 is 6.09. The van der Waals surface area contributed by atoms with Crippen molar-refractivity contribution in [2.75, 3.05) is 26.7 Å². The molecule has 1 aliphatic carbocycles. The molecule has 3 saturated heterocycles. The van der Waals surface area contributed by atoms with Gasteiger partial charge in [0, 0.05) is 36.8 Å². The minimum Gasteiger partial charge on any atom is -0.375 e. The van der Waals surface area contributed by atoms with Gasteiger partial charge in [-0.1, -0.05) is 12.8 Å². The van der Waals surface area contributed by atoms with Crippen molar-refractivity contribution in [3.05, 3.63) is 0 Å². The largest absolute Gasteiger partial charge is 0.375 e. The van der Waals surface area contributed by atoms with E-state index in [9.17, 15) is 0 Å². The summed E-state index contributed by atoms with van der Waals surface area (Å²) in [5, 5.41) is 0. The molecule has 4 rings (SSSR count). The van der Waals surface area contributed by atoms with Gasteiger partial charge < -0.3 is 15.4 Å². The molecule has 0 radical (unpaired) electrons. The van der Waals surface area contributed by atoms with Gasteiger partial charge in [0.2, 0.25) is 0 Å². The molecule has 0 aromatic heterocycles. The van der Waals surface area contributed by atoms with E-state index in [1.54, 1.807) is 0 Å². The van der Waals surface area contributed by atoms with Crippen LogP contribution in [0.4, 0.5) is 0 Å². The van der Waals surface area contributed by atoms with Gasteiger partial charge in [0.05, 0.1) is 12.7 Å². The highest BCUT2D eigenvalue weighted by molar-refractivity contribution is 5.09. The number of piperidine rings is 1. The topological polar surface area (TPSA) is 41.7 Å². The summed E-state index contributed by atoms with van der Waals surface area (Å²) in [6.45, 7) is 2.84. The van der Waals surface area contributed by atoms with Crippen molar-refractivity contribution < 1.29 is 4.74 Å². The molecule has 0 spiro atoms. The summed E-state index contributed by atoms with van der Waals surface area (Å²) in [4.78, 5) is 5.45. The van der Waals surface area contributed by atoms with E-state index < -0.39 is 0 Å². The van der Waals surface area contributed by atoms with Crippen molar-refractivity contribution in [3.63, 3.8) is 0 Å². The Kier molecular flexibility index (Phi) is 3.77. The molecule has 4 nitrogen and oxygen atoms in total. The fraction of sp³-hybridized carbons (Fsp3) is 1.00. The van der Waals surface area contributed by atoms with Gasteiger partial charge in [-0.25, -0.2) is 0 Å². The molecule has 2 N–H and O–H groups in total. The second-order valence-electron chi connectivity index (χ2n) is 7.84. The van der Waals surface area contributed by atoms with Crippen LogP contribution in [0, 0.1) is 0 Å². The lowest BCUT2D eigenvalue weighted by Gasteiger charge is -2.57. The normalized spacial score (nSPS) is 48.3. The number of hydrogen-bond acceptors (Lipinski definition) is 4. The van der Waals surface area contributed by atoms with Crippen LogP contribution in [-0.4, -0.2) is 66.3 Å². The van der Waals surface area contributed by atoms with E-state index in [0.717, 1.165) is 31.8 Å². The first-order valence-corrected chi connectivity index (χ1v) is 9.04. The van der Waals surface area contributed by atoms with Crippen LogP contribution in [0.25, 0.3) is 0 Å². The third kappa shape index (κ3) is 2.26. The first-order valence-electron chi connectivity index (χ1n) is 9.04. The van der Waals surface area contributed by atoms with Crippen LogP contribution in [0.5, 0.6) is 0 Å². The van der Waals surface area contributed by atoms with Crippen molar-refractivity contribution in [2.24, 2.45) is 5.73 Å². The summed E-state index contributed by atoms with van der Waals surface area (Å²) >= 11 is 0. The maximum Gasteiger partial charge on any atom is 0.0731 e. The Hall–Kier alpha value is -0.160. The van der Waals surface area contributed by atoms with Crippen molar-refractivity contribution in [3.8, 4) is 0 Å². The van der Waals surface area contributed by atoms with E-state index in [1.807, 2.05) is 0 Å². The van der Waals surface area contributed by atoms with Crippen molar-refractivity contribution >= 4 is 0 Å². The van der Waals surface area contributed by atoms with Crippen molar-refractivity contribution in [1.29, 1.82) is 0 Å². The maximum absolute atomic E-state index is 6.39. The molecule has 1 saturated carbocycles. The number of morpholine rings is 1. The average molecular weight is 293 g/mol. The highest BCUT2D eigenvalue weighted by atomic mass is 16.5. The Morgan fingerprint density at radius 3 is 2.52 bits per heavy atom. The number of fused-ring (bicyclic) bond motifs is 3. The van der Waals surface area contributed by atoms with Gasteiger partial charge in [0.15, 0.2) is 0 Å². The van der Waals surface area contributed by atoms with E-state index in [1.165, 1.54) is 51.4 Å². The molecular weight excluding hydrogens is 262 g/mol. The quantitative estimate of drug-likeness (QED) is 0.839. The van der Waals surface area contributed by atoms with Crippen LogP contribution in [0.2, 0.25) is 0 Å². The molecule has 3 aliphatic heterocycles. The van der Waals surface area contributed by atoms with E-state index in [-0.39, 0.29) is 5.54 Å². The number of rotatable bonds is 2. The highest BCUT2D eigenvalue weighted by Crippen LogP contribution is 2.45. The molecule has 21 heavy (non-hydrogen) atoms. The number of nitrogens with zero attached hydrogens (tertiary/aromatic N) is 2. The predicted molar refractivity (Wildman–Crippen MR) is 84.3 cm³/mol. The van der Waals surface area contributed by atoms with Gasteiger partial charge in [0.25, 0.3) is 0 Å². The van der Waals surface area contributed by atoms with E-state index in [4.69, 9.17) is 10.5 Å². The summed E-state index contributed by atoms with van der Waals surface area (Å²) in [5.74, 6) is 0. The van der Waals surface area contributed by atoms with Crippen LogP contribution in [-0.2, 0) is 4.74 Å². The van der Waals surface area contributed by atoms with Gasteiger partial charge >= 0.3 is 0 Å². The molecule has 4 fully saturated rings. The summed E-state index contributed by atoms with van der Waals surface area (Å²) in [6, 6.07) is 2.16. The lowest BCUT2D eigenvalue weighted by Crippen LogP contribution is -2.68. The zero-order valence-electron chi connectivity index (χ0n) is 13.5. The Bertz CT molecular complexity index is 372. The molecule has 3 heterocycles. The highest BCUT2D eigenvalue weighted by Gasteiger charge is 2.52. The van der Waals surface area contributed by atoms with Crippen LogP contribution in [0.1, 0.15) is 51.4 Å². The Morgan fingerprint density at radius 2 is 1.81 bits per heavy atom. The van der Waals surface area contributed by atoms with Crippen molar-refractivity contribution in [1.82, 2.24) is 9.80 Å². The van der Waals surface area contributed by atoms with Gasteiger partial charge in [0.1, 0.15) is 0 Å². The smallest absolute Gasteiger partial charge is 0.0731 e. The Balaban J connectivity index is 1.60. The zero-order chi connectivity index (χ0) is 14.4. The fourth-order valence-corrected chi connectivity index (χ4v) is 5.75. The van der Waals surface area contributed by atoms with Crippen LogP contribution in [0.15, 0.2) is 0 Å². The number of hydrogen-bond donors (Lipinski definition) is 1.